The molecule has 0 spiro atoms. The van der Waals surface area contributed by atoms with E-state index in [1.165, 1.54) is 42.0 Å². The number of allylic oxidation sites excluding steroid dienone is 2. The largest absolute Gasteiger partial charge is 0.306 e. The maximum Gasteiger partial charge on any atom is 0.0148 e. The van der Waals surface area contributed by atoms with Crippen molar-refractivity contribution < 1.29 is 0 Å². The van der Waals surface area contributed by atoms with Gasteiger partial charge in [-0.05, 0) is 76.2 Å². The van der Waals surface area contributed by atoms with Gasteiger partial charge in [0.25, 0.3) is 0 Å². The molecule has 0 saturated carbocycles. The molecule has 0 aromatic heterocycles. The van der Waals surface area contributed by atoms with Crippen molar-refractivity contribution in [2.45, 2.75) is 38.5 Å². The van der Waals surface area contributed by atoms with Gasteiger partial charge in [0.05, 0.1) is 0 Å². The minimum Gasteiger partial charge on any atom is -0.306 e. The summed E-state index contributed by atoms with van der Waals surface area (Å²) in [6.07, 6.45) is 2.60. The topological polar surface area (TPSA) is 3.24 Å². The van der Waals surface area contributed by atoms with Crippen LogP contribution >= 0.6 is 11.8 Å². The van der Waals surface area contributed by atoms with Crippen LogP contribution in [-0.4, -0.2) is 25.0 Å². The summed E-state index contributed by atoms with van der Waals surface area (Å²) >= 11 is 1.99. The summed E-state index contributed by atoms with van der Waals surface area (Å²) in [6, 6.07) is 8.72. The maximum atomic E-state index is 2.44. The minimum absolute atomic E-state index is 0.755. The highest BCUT2D eigenvalue weighted by Gasteiger charge is 2.22. The van der Waals surface area contributed by atoms with Crippen LogP contribution in [-0.2, 0) is 0 Å². The van der Waals surface area contributed by atoms with Gasteiger partial charge in [-0.25, -0.2) is 0 Å². The van der Waals surface area contributed by atoms with E-state index in [1.54, 1.807) is 4.91 Å². The molecule has 0 radical (unpaired) electrons. The van der Waals surface area contributed by atoms with E-state index in [-0.39, 0.29) is 0 Å². The van der Waals surface area contributed by atoms with Crippen LogP contribution in [0.1, 0.15) is 32.3 Å². The standard InChI is InChI=1S/C17H25NS/c1-13(2)17(15-9-11-18(4)12-10-15)19-16-8-6-5-7-14(16)3/h5-8,15H,9-12H2,1-4H3. The van der Waals surface area contributed by atoms with Crippen LogP contribution in [0.3, 0.4) is 0 Å². The van der Waals surface area contributed by atoms with Crippen LogP contribution < -0.4 is 0 Å². The molecule has 0 bridgehead atoms. The summed E-state index contributed by atoms with van der Waals surface area (Å²) in [5.74, 6) is 0.755. The van der Waals surface area contributed by atoms with Gasteiger partial charge in [-0.15, -0.1) is 0 Å². The van der Waals surface area contributed by atoms with Gasteiger partial charge in [0.15, 0.2) is 0 Å². The summed E-state index contributed by atoms with van der Waals surface area (Å²) < 4.78 is 0. The molecular formula is C17H25NS. The van der Waals surface area contributed by atoms with E-state index < -0.39 is 0 Å². The van der Waals surface area contributed by atoms with Crippen molar-refractivity contribution in [2.24, 2.45) is 5.92 Å². The summed E-state index contributed by atoms with van der Waals surface area (Å²) in [5.41, 5.74) is 2.88. The van der Waals surface area contributed by atoms with Gasteiger partial charge in [-0.3, -0.25) is 0 Å². The summed E-state index contributed by atoms with van der Waals surface area (Å²) in [5, 5.41) is 0. The SMILES string of the molecule is CC(C)=C(Sc1ccccc1C)C1CCN(C)CC1. The molecule has 0 N–H and O–H groups in total. The molecule has 1 nitrogen and oxygen atoms in total. The fraction of sp³-hybridized carbons (Fsp3) is 0.529. The third-order valence-electron chi connectivity index (χ3n) is 3.90. The highest BCUT2D eigenvalue weighted by Crippen LogP contribution is 2.39. The van der Waals surface area contributed by atoms with Gasteiger partial charge >= 0.3 is 0 Å². The zero-order valence-corrected chi connectivity index (χ0v) is 13.4. The lowest BCUT2D eigenvalue weighted by atomic mass is 9.95. The molecule has 2 heteroatoms. The molecule has 1 heterocycles. The summed E-state index contributed by atoms with van der Waals surface area (Å²) in [6.45, 7) is 9.20. The first-order valence-electron chi connectivity index (χ1n) is 7.17. The number of rotatable bonds is 3. The lowest BCUT2D eigenvalue weighted by Crippen LogP contribution is -2.30. The molecular weight excluding hydrogens is 250 g/mol. The molecule has 1 saturated heterocycles. The number of hydrogen-bond acceptors (Lipinski definition) is 2. The molecule has 1 aromatic carbocycles. The van der Waals surface area contributed by atoms with E-state index in [0.29, 0.717) is 0 Å². The maximum absolute atomic E-state index is 2.44. The molecule has 0 amide bonds. The van der Waals surface area contributed by atoms with Gasteiger partial charge in [-0.2, -0.15) is 0 Å². The lowest BCUT2D eigenvalue weighted by molar-refractivity contribution is 0.242. The Morgan fingerprint density at radius 2 is 1.79 bits per heavy atom. The first kappa shape index (κ1) is 14.7. The molecule has 0 atom stereocenters. The Morgan fingerprint density at radius 3 is 2.37 bits per heavy atom. The Balaban J connectivity index is 2.14. The number of nitrogens with zero attached hydrogens (tertiary/aromatic N) is 1. The van der Waals surface area contributed by atoms with Crippen LogP contribution in [0.2, 0.25) is 0 Å². The molecule has 104 valence electrons. The van der Waals surface area contributed by atoms with Crippen molar-refractivity contribution in [1.82, 2.24) is 4.90 Å². The lowest BCUT2D eigenvalue weighted by Gasteiger charge is -2.31. The molecule has 2 rings (SSSR count). The van der Waals surface area contributed by atoms with E-state index >= 15 is 0 Å². The monoisotopic (exact) mass is 275 g/mol. The predicted molar refractivity (Wildman–Crippen MR) is 85.6 cm³/mol. The predicted octanol–water partition coefficient (Wildman–Crippen LogP) is 4.72. The van der Waals surface area contributed by atoms with Crippen molar-refractivity contribution in [1.29, 1.82) is 0 Å². The molecule has 1 fully saturated rings. The Hall–Kier alpha value is -0.730. The molecule has 0 aliphatic carbocycles. The normalized spacial score (nSPS) is 17.5. The first-order chi connectivity index (χ1) is 9.08. The number of hydrogen-bond donors (Lipinski definition) is 0. The smallest absolute Gasteiger partial charge is 0.0148 e. The van der Waals surface area contributed by atoms with Crippen molar-refractivity contribution in [3.8, 4) is 0 Å². The molecule has 1 aliphatic heterocycles. The average molecular weight is 275 g/mol. The number of piperidine rings is 1. The van der Waals surface area contributed by atoms with E-state index in [0.717, 1.165) is 5.92 Å². The van der Waals surface area contributed by atoms with Crippen molar-refractivity contribution in [3.63, 3.8) is 0 Å². The number of likely N-dealkylation sites (tertiary alicyclic amines) is 1. The van der Waals surface area contributed by atoms with Gasteiger partial charge in [-0.1, -0.05) is 35.5 Å². The Bertz CT molecular complexity index is 452. The highest BCUT2D eigenvalue weighted by molar-refractivity contribution is 8.03. The van der Waals surface area contributed by atoms with Crippen LogP contribution in [0, 0.1) is 12.8 Å². The van der Waals surface area contributed by atoms with Crippen molar-refractivity contribution >= 4 is 11.8 Å². The fourth-order valence-electron chi connectivity index (χ4n) is 2.65. The zero-order chi connectivity index (χ0) is 13.8. The third kappa shape index (κ3) is 3.87. The number of thioether (sulfide) groups is 1. The van der Waals surface area contributed by atoms with E-state index in [4.69, 9.17) is 0 Å². The second-order valence-electron chi connectivity index (χ2n) is 5.81. The second-order valence-corrected chi connectivity index (χ2v) is 6.89. The Morgan fingerprint density at radius 1 is 1.16 bits per heavy atom. The highest BCUT2D eigenvalue weighted by atomic mass is 32.2. The molecule has 1 aromatic rings. The third-order valence-corrected chi connectivity index (χ3v) is 5.54. The summed E-state index contributed by atoms with van der Waals surface area (Å²) in [4.78, 5) is 5.46. The van der Waals surface area contributed by atoms with Crippen LogP contribution in [0.25, 0.3) is 0 Å². The number of aryl methyl sites for hydroxylation is 1. The van der Waals surface area contributed by atoms with Crippen LogP contribution in [0.15, 0.2) is 39.6 Å². The van der Waals surface area contributed by atoms with Gasteiger partial charge in [0.1, 0.15) is 0 Å². The Labute approximate surface area is 122 Å². The number of benzene rings is 1. The van der Waals surface area contributed by atoms with Gasteiger partial charge < -0.3 is 4.90 Å². The minimum atomic E-state index is 0.755. The van der Waals surface area contributed by atoms with Gasteiger partial charge in [0, 0.05) is 4.90 Å². The van der Waals surface area contributed by atoms with Crippen molar-refractivity contribution in [3.05, 3.63) is 40.3 Å². The zero-order valence-electron chi connectivity index (χ0n) is 12.6. The van der Waals surface area contributed by atoms with E-state index in [2.05, 4.69) is 57.0 Å². The second kappa shape index (κ2) is 6.62. The molecule has 0 unspecified atom stereocenters. The van der Waals surface area contributed by atoms with Crippen molar-refractivity contribution in [2.75, 3.05) is 20.1 Å². The van der Waals surface area contributed by atoms with Gasteiger partial charge in [0.2, 0.25) is 0 Å². The van der Waals surface area contributed by atoms with Crippen LogP contribution in [0.4, 0.5) is 0 Å². The fourth-order valence-corrected chi connectivity index (χ4v) is 3.87. The quantitative estimate of drug-likeness (QED) is 0.734. The van der Waals surface area contributed by atoms with Crippen LogP contribution in [0.5, 0.6) is 0 Å². The summed E-state index contributed by atoms with van der Waals surface area (Å²) in [7, 11) is 2.23. The average Bonchev–Trinajstić information content (AvgIpc) is 2.39. The Kier molecular flexibility index (Phi) is 5.12. The molecule has 1 aliphatic rings. The first-order valence-corrected chi connectivity index (χ1v) is 7.99. The van der Waals surface area contributed by atoms with E-state index in [1.807, 2.05) is 11.8 Å². The molecule has 19 heavy (non-hydrogen) atoms. The van der Waals surface area contributed by atoms with E-state index in [9.17, 15) is 0 Å².